The molecule has 0 bridgehead atoms. The first-order valence-electron chi connectivity index (χ1n) is 19.5. The van der Waals surface area contributed by atoms with E-state index >= 15 is 0 Å². The topological polar surface area (TPSA) is 9.23 Å². The molecule has 55 heavy (non-hydrogen) atoms. The van der Waals surface area contributed by atoms with Gasteiger partial charge >= 0.3 is 0 Å². The zero-order valence-corrected chi connectivity index (χ0v) is 31.0. The van der Waals surface area contributed by atoms with Crippen LogP contribution in [0.4, 0.5) is 0 Å². The molecule has 262 valence electrons. The average Bonchev–Trinajstić information content (AvgIpc) is 3.71. The summed E-state index contributed by atoms with van der Waals surface area (Å²) in [5, 5.41) is 5.06. The van der Waals surface area contributed by atoms with Gasteiger partial charge in [-0.1, -0.05) is 190 Å². The monoisotopic (exact) mass is 704 g/mol. The Kier molecular flexibility index (Phi) is 7.16. The molecule has 3 unspecified atom stereocenters. The predicted molar refractivity (Wildman–Crippen MR) is 227 cm³/mol. The van der Waals surface area contributed by atoms with Crippen molar-refractivity contribution < 1.29 is 4.74 Å². The number of hydrogen-bond donors (Lipinski definition) is 0. The fourth-order valence-corrected chi connectivity index (χ4v) is 9.88. The Hall–Kier alpha value is -6.44. The molecule has 0 fully saturated rings. The van der Waals surface area contributed by atoms with Crippen molar-refractivity contribution in [2.75, 3.05) is 0 Å². The maximum absolute atomic E-state index is 7.23. The second-order valence-electron chi connectivity index (χ2n) is 15.9. The molecule has 1 heterocycles. The molecule has 8 aromatic carbocycles. The lowest BCUT2D eigenvalue weighted by Gasteiger charge is -2.26. The molecule has 2 aliphatic carbocycles. The zero-order chi connectivity index (χ0) is 36.7. The number of rotatable bonds is 5. The third-order valence-corrected chi connectivity index (χ3v) is 12.6. The molecular formula is C54H40O. The third kappa shape index (κ3) is 5.00. The van der Waals surface area contributed by atoms with Crippen molar-refractivity contribution in [1.29, 1.82) is 0 Å². The van der Waals surface area contributed by atoms with Gasteiger partial charge in [-0.25, -0.2) is 0 Å². The van der Waals surface area contributed by atoms with Crippen LogP contribution in [0, 0.1) is 0 Å². The molecule has 0 radical (unpaired) electrons. The predicted octanol–water partition coefficient (Wildman–Crippen LogP) is 11.5. The minimum Gasteiger partial charge on any atom is -0.484 e. The molecule has 0 saturated heterocycles. The molecule has 1 nitrogen and oxygen atoms in total. The van der Waals surface area contributed by atoms with E-state index in [1.165, 1.54) is 88.0 Å². The van der Waals surface area contributed by atoms with Crippen LogP contribution in [0.25, 0.3) is 44.7 Å². The highest BCUT2D eigenvalue weighted by Crippen LogP contribution is 2.51. The smallest absolute Gasteiger partial charge is 0.135 e. The molecule has 0 amide bonds. The maximum Gasteiger partial charge on any atom is 0.135 e. The minimum absolute atomic E-state index is 0.0256. The van der Waals surface area contributed by atoms with Crippen molar-refractivity contribution in [2.45, 2.75) is 37.2 Å². The van der Waals surface area contributed by atoms with Crippen molar-refractivity contribution in [1.82, 2.24) is 0 Å². The number of hydrogen-bond acceptors (Lipinski definition) is 1. The summed E-state index contributed by atoms with van der Waals surface area (Å²) in [6.45, 7) is 4.73. The molecule has 11 rings (SSSR count). The van der Waals surface area contributed by atoms with Crippen LogP contribution in [0.3, 0.4) is 0 Å². The summed E-state index contributed by atoms with van der Waals surface area (Å²) >= 11 is 0. The van der Waals surface area contributed by atoms with Gasteiger partial charge in [-0.05, 0) is 89.0 Å². The van der Waals surface area contributed by atoms with E-state index in [0.717, 1.165) is 5.75 Å². The molecule has 0 N–H and O–H groups in total. The Bertz CT molecular complexity index is 2930. The molecule has 0 spiro atoms. The van der Waals surface area contributed by atoms with Crippen LogP contribution in [0.5, 0.6) is 5.75 Å². The maximum atomic E-state index is 7.23. The van der Waals surface area contributed by atoms with Crippen molar-refractivity contribution in [3.05, 3.63) is 231 Å². The summed E-state index contributed by atoms with van der Waals surface area (Å²) in [5.74, 6) is 1.13. The fraction of sp³-hybridized carbons (Fsp3) is 0.111. The quantitative estimate of drug-likeness (QED) is 0.162. The summed E-state index contributed by atoms with van der Waals surface area (Å²) in [4.78, 5) is 0. The molecular weight excluding hydrogens is 665 g/mol. The average molecular weight is 705 g/mol. The van der Waals surface area contributed by atoms with Crippen LogP contribution in [0.2, 0.25) is 0 Å². The van der Waals surface area contributed by atoms with E-state index in [2.05, 4.69) is 202 Å². The number of benzene rings is 8. The lowest BCUT2D eigenvalue weighted by Crippen LogP contribution is -2.39. The summed E-state index contributed by atoms with van der Waals surface area (Å²) < 4.78 is 7.23. The van der Waals surface area contributed by atoms with E-state index in [1.807, 2.05) is 0 Å². The lowest BCUT2D eigenvalue weighted by molar-refractivity contribution is 0.281. The summed E-state index contributed by atoms with van der Waals surface area (Å²) in [7, 11) is 0. The fourth-order valence-electron chi connectivity index (χ4n) is 9.88. The zero-order valence-electron chi connectivity index (χ0n) is 31.0. The summed E-state index contributed by atoms with van der Waals surface area (Å²) in [6.07, 6.45) is 2.32. The SMILES string of the molecule is CC1(C)c2ccccc2-c2ccc(C3=c4ccccc4=CC4c5ccc(C(c6ccc(-c7ccccc7)cc6)c6cccc7ccccc67)cc5OC34)cc21. The largest absolute Gasteiger partial charge is 0.484 e. The molecule has 3 atom stereocenters. The second kappa shape index (κ2) is 12.3. The minimum atomic E-state index is -0.119. The summed E-state index contributed by atoms with van der Waals surface area (Å²) in [6, 6.07) is 67.2. The Morgan fingerprint density at radius 3 is 2.11 bits per heavy atom. The molecule has 0 aromatic heterocycles. The van der Waals surface area contributed by atoms with E-state index in [-0.39, 0.29) is 23.4 Å². The van der Waals surface area contributed by atoms with Crippen LogP contribution in [0.1, 0.15) is 64.6 Å². The van der Waals surface area contributed by atoms with E-state index in [4.69, 9.17) is 4.74 Å². The van der Waals surface area contributed by atoms with Gasteiger partial charge in [0.2, 0.25) is 0 Å². The molecule has 0 saturated carbocycles. The second-order valence-corrected chi connectivity index (χ2v) is 15.9. The van der Waals surface area contributed by atoms with Crippen molar-refractivity contribution in [3.63, 3.8) is 0 Å². The highest BCUT2D eigenvalue weighted by Gasteiger charge is 2.40. The van der Waals surface area contributed by atoms with Crippen LogP contribution >= 0.6 is 0 Å². The Morgan fingerprint density at radius 1 is 0.527 bits per heavy atom. The van der Waals surface area contributed by atoms with Gasteiger partial charge in [0.25, 0.3) is 0 Å². The van der Waals surface area contributed by atoms with Crippen LogP contribution in [-0.4, -0.2) is 6.10 Å². The Morgan fingerprint density at radius 2 is 1.22 bits per heavy atom. The van der Waals surface area contributed by atoms with E-state index in [9.17, 15) is 0 Å². The first-order chi connectivity index (χ1) is 27.0. The highest BCUT2D eigenvalue weighted by atomic mass is 16.5. The van der Waals surface area contributed by atoms with Crippen LogP contribution in [-0.2, 0) is 5.41 Å². The third-order valence-electron chi connectivity index (χ3n) is 12.6. The van der Waals surface area contributed by atoms with Gasteiger partial charge in [0.1, 0.15) is 11.9 Å². The summed E-state index contributed by atoms with van der Waals surface area (Å²) in [5.41, 5.74) is 15.4. The van der Waals surface area contributed by atoms with Crippen LogP contribution < -0.4 is 15.2 Å². The van der Waals surface area contributed by atoms with Gasteiger partial charge in [0, 0.05) is 28.4 Å². The Balaban J connectivity index is 1.03. The van der Waals surface area contributed by atoms with Gasteiger partial charge in [-0.15, -0.1) is 0 Å². The molecule has 8 aromatic rings. The van der Waals surface area contributed by atoms with Gasteiger partial charge in [0.15, 0.2) is 0 Å². The van der Waals surface area contributed by atoms with E-state index in [0.29, 0.717) is 0 Å². The van der Waals surface area contributed by atoms with E-state index in [1.54, 1.807) is 0 Å². The van der Waals surface area contributed by atoms with Crippen molar-refractivity contribution in [2.24, 2.45) is 0 Å². The van der Waals surface area contributed by atoms with Crippen molar-refractivity contribution in [3.8, 4) is 28.0 Å². The van der Waals surface area contributed by atoms with E-state index < -0.39 is 0 Å². The molecule has 1 aliphatic heterocycles. The van der Waals surface area contributed by atoms with Gasteiger partial charge in [-0.3, -0.25) is 0 Å². The first kappa shape index (κ1) is 32.0. The lowest BCUT2D eigenvalue weighted by atomic mass is 9.78. The highest BCUT2D eigenvalue weighted by molar-refractivity contribution is 5.88. The standard InChI is InChI=1S/C54H40O/c1-54(2)48-22-11-10-20-43(48)44-29-27-39(32-49(44)54)52-42-19-9-7-16-38(42)31-47-45-30-28-40(33-50(45)55-53(47)52)51(46-21-12-17-36-15-6-8-18-41(36)46)37-25-23-35(24-26-37)34-13-4-3-5-14-34/h3-33,47,51,53H,1-2H3. The van der Waals surface area contributed by atoms with Gasteiger partial charge < -0.3 is 4.74 Å². The number of ether oxygens (including phenoxy) is 1. The Labute approximate surface area is 322 Å². The van der Waals surface area contributed by atoms with Gasteiger partial charge in [-0.2, -0.15) is 0 Å². The normalized spacial score (nSPS) is 17.6. The van der Waals surface area contributed by atoms with Crippen molar-refractivity contribution >= 4 is 22.4 Å². The van der Waals surface area contributed by atoms with Gasteiger partial charge in [0.05, 0.1) is 0 Å². The van der Waals surface area contributed by atoms with Crippen LogP contribution in [0.15, 0.2) is 182 Å². The molecule has 3 aliphatic rings. The molecule has 1 heteroatoms. The first-order valence-corrected chi connectivity index (χ1v) is 19.5. The number of fused-ring (bicyclic) bond motifs is 8.